The summed E-state index contributed by atoms with van der Waals surface area (Å²) in [6.45, 7) is 19.7. The van der Waals surface area contributed by atoms with Gasteiger partial charge in [0.25, 0.3) is 0 Å². The average molecular weight is 651 g/mol. The van der Waals surface area contributed by atoms with Crippen molar-refractivity contribution < 1.29 is 41.9 Å². The molecule has 3 nitrogen and oxygen atoms in total. The summed E-state index contributed by atoms with van der Waals surface area (Å²) < 4.78 is 0. The second-order valence-corrected chi connectivity index (χ2v) is 11.2. The van der Waals surface area contributed by atoms with E-state index in [1.54, 1.807) is 0 Å². The van der Waals surface area contributed by atoms with Gasteiger partial charge in [-0.3, -0.25) is 9.98 Å². The standard InChI is InChI=1S/C36H49N3.2ClH.Fe/c1-10-14-29-18-24(5)19-30(15-11-2)35(29)37-27(8)33-22-26(7)23-34(39-33)28(9)38-36-31(16-12-3)20-25(6)21-32(36)17-13-4;;;/h18-23H,10-17H2,1-9H3;2*1H;/q;;;+2/p-2. The molecule has 0 aliphatic carbocycles. The van der Waals surface area contributed by atoms with Crippen LogP contribution in [0.5, 0.6) is 0 Å². The van der Waals surface area contributed by atoms with Crippen LogP contribution in [0.15, 0.2) is 46.4 Å². The molecule has 0 aliphatic rings. The van der Waals surface area contributed by atoms with Gasteiger partial charge in [-0.1, -0.05) is 88.8 Å². The maximum Gasteiger partial charge on any atom is 2.00 e. The monoisotopic (exact) mass is 649 g/mol. The predicted octanol–water partition coefficient (Wildman–Crippen LogP) is 4.10. The second kappa shape index (κ2) is 19.3. The van der Waals surface area contributed by atoms with Gasteiger partial charge >= 0.3 is 17.1 Å². The minimum Gasteiger partial charge on any atom is -1.00 e. The molecule has 0 amide bonds. The Kier molecular flexibility index (Phi) is 18.4. The molecule has 0 saturated heterocycles. The molecular weight excluding hydrogens is 601 g/mol. The number of nitrogens with zero attached hydrogens (tertiary/aromatic N) is 3. The third kappa shape index (κ3) is 10.6. The van der Waals surface area contributed by atoms with E-state index in [2.05, 4.69) is 98.7 Å². The first kappa shape index (κ1) is 40.0. The number of aryl methyl sites for hydroxylation is 7. The summed E-state index contributed by atoms with van der Waals surface area (Å²) in [4.78, 5) is 15.6. The molecule has 1 heterocycles. The van der Waals surface area contributed by atoms with E-state index in [0.717, 1.165) is 85.6 Å². The Bertz CT molecular complexity index is 1210. The van der Waals surface area contributed by atoms with Gasteiger partial charge < -0.3 is 24.8 Å². The molecule has 0 bridgehead atoms. The Morgan fingerprint density at radius 1 is 0.524 bits per heavy atom. The Morgan fingerprint density at radius 3 is 1.05 bits per heavy atom. The number of halogens is 2. The summed E-state index contributed by atoms with van der Waals surface area (Å²) in [5.41, 5.74) is 15.3. The van der Waals surface area contributed by atoms with Crippen molar-refractivity contribution in [3.05, 3.63) is 86.7 Å². The van der Waals surface area contributed by atoms with Gasteiger partial charge in [-0.15, -0.1) is 0 Å². The fraction of sp³-hybridized carbons (Fsp3) is 0.472. The summed E-state index contributed by atoms with van der Waals surface area (Å²) in [7, 11) is 0. The first-order chi connectivity index (χ1) is 18.7. The van der Waals surface area contributed by atoms with Gasteiger partial charge in [-0.2, -0.15) is 0 Å². The molecule has 0 saturated carbocycles. The summed E-state index contributed by atoms with van der Waals surface area (Å²) >= 11 is 0. The van der Waals surface area contributed by atoms with E-state index >= 15 is 0 Å². The third-order valence-corrected chi connectivity index (χ3v) is 7.17. The normalized spacial score (nSPS) is 11.5. The molecule has 0 spiro atoms. The molecule has 0 fully saturated rings. The zero-order valence-corrected chi connectivity index (χ0v) is 29.7. The maximum atomic E-state index is 5.23. The van der Waals surface area contributed by atoms with Crippen LogP contribution in [0.3, 0.4) is 0 Å². The van der Waals surface area contributed by atoms with Gasteiger partial charge in [0.2, 0.25) is 0 Å². The van der Waals surface area contributed by atoms with Crippen molar-refractivity contribution >= 4 is 22.8 Å². The molecule has 0 radical (unpaired) electrons. The molecule has 0 aliphatic heterocycles. The van der Waals surface area contributed by atoms with Gasteiger partial charge in [0.1, 0.15) is 0 Å². The molecule has 3 rings (SSSR count). The molecule has 1 aromatic heterocycles. The molecule has 230 valence electrons. The van der Waals surface area contributed by atoms with Crippen LogP contribution in [0, 0.1) is 20.8 Å². The van der Waals surface area contributed by atoms with Crippen molar-refractivity contribution in [1.82, 2.24) is 4.98 Å². The van der Waals surface area contributed by atoms with Crippen LogP contribution >= 0.6 is 0 Å². The van der Waals surface area contributed by atoms with Crippen LogP contribution in [0.2, 0.25) is 0 Å². The first-order valence-electron chi connectivity index (χ1n) is 15.0. The third-order valence-electron chi connectivity index (χ3n) is 7.17. The van der Waals surface area contributed by atoms with Crippen LogP contribution in [-0.2, 0) is 42.8 Å². The fourth-order valence-electron chi connectivity index (χ4n) is 5.48. The van der Waals surface area contributed by atoms with Gasteiger partial charge in [0.05, 0.1) is 34.2 Å². The van der Waals surface area contributed by atoms with Gasteiger partial charge in [0, 0.05) is 0 Å². The number of aromatic nitrogens is 1. The van der Waals surface area contributed by atoms with Crippen molar-refractivity contribution in [2.45, 2.75) is 114 Å². The molecule has 2 aromatic carbocycles. The Morgan fingerprint density at radius 2 is 0.786 bits per heavy atom. The van der Waals surface area contributed by atoms with Crippen LogP contribution in [-0.4, -0.2) is 16.4 Å². The van der Waals surface area contributed by atoms with E-state index in [9.17, 15) is 0 Å². The Labute approximate surface area is 278 Å². The smallest absolute Gasteiger partial charge is 1.00 e. The number of hydrogen-bond acceptors (Lipinski definition) is 3. The van der Waals surface area contributed by atoms with E-state index in [1.165, 1.54) is 38.9 Å². The van der Waals surface area contributed by atoms with Gasteiger partial charge in [-0.25, -0.2) is 4.98 Å². The van der Waals surface area contributed by atoms with Crippen LogP contribution in [0.4, 0.5) is 11.4 Å². The van der Waals surface area contributed by atoms with Crippen LogP contribution in [0.25, 0.3) is 0 Å². The molecular formula is C36H49Cl2FeN3. The van der Waals surface area contributed by atoms with E-state index in [-0.39, 0.29) is 41.9 Å². The van der Waals surface area contributed by atoms with E-state index in [4.69, 9.17) is 15.0 Å². The molecule has 42 heavy (non-hydrogen) atoms. The largest absolute Gasteiger partial charge is 2.00 e. The molecule has 0 N–H and O–H groups in total. The van der Waals surface area contributed by atoms with Crippen molar-refractivity contribution in [2.24, 2.45) is 9.98 Å². The average Bonchev–Trinajstić information content (AvgIpc) is 2.88. The zero-order chi connectivity index (χ0) is 28.5. The van der Waals surface area contributed by atoms with Crippen LogP contribution in [0.1, 0.15) is 118 Å². The van der Waals surface area contributed by atoms with Crippen molar-refractivity contribution in [1.29, 1.82) is 0 Å². The van der Waals surface area contributed by atoms with Crippen molar-refractivity contribution in [2.75, 3.05) is 0 Å². The number of hydrogen-bond donors (Lipinski definition) is 0. The first-order valence-corrected chi connectivity index (χ1v) is 15.0. The number of rotatable bonds is 12. The number of aliphatic imine (C=N–C) groups is 2. The molecule has 3 aromatic rings. The quantitative estimate of drug-likeness (QED) is 0.215. The van der Waals surface area contributed by atoms with Gasteiger partial charge in [0.15, 0.2) is 0 Å². The van der Waals surface area contributed by atoms with E-state index in [1.807, 2.05) is 0 Å². The number of benzene rings is 2. The fourth-order valence-corrected chi connectivity index (χ4v) is 5.48. The van der Waals surface area contributed by atoms with E-state index < -0.39 is 0 Å². The predicted molar refractivity (Wildman–Crippen MR) is 171 cm³/mol. The maximum absolute atomic E-state index is 5.23. The number of pyridine rings is 1. The van der Waals surface area contributed by atoms with Crippen LogP contribution < -0.4 is 24.8 Å². The molecule has 0 atom stereocenters. The summed E-state index contributed by atoms with van der Waals surface area (Å²) in [5.74, 6) is 0. The Hall–Kier alpha value is -1.97. The minimum atomic E-state index is 0. The van der Waals surface area contributed by atoms with Crippen molar-refractivity contribution in [3.63, 3.8) is 0 Å². The van der Waals surface area contributed by atoms with Crippen molar-refractivity contribution in [3.8, 4) is 0 Å². The SMILES string of the molecule is CCCc1cc(C)cc(CCC)c1N=C(C)c1cc(C)cc(C(C)=Nc2c(CCC)cc(C)cc2CCC)n1.[Cl-].[Cl-].[Fe+2]. The summed E-state index contributed by atoms with van der Waals surface area (Å²) in [6, 6.07) is 13.5. The van der Waals surface area contributed by atoms with E-state index in [0.29, 0.717) is 0 Å². The minimum absolute atomic E-state index is 0. The summed E-state index contributed by atoms with van der Waals surface area (Å²) in [6.07, 6.45) is 8.60. The Balaban J connectivity index is 0.00000560. The topological polar surface area (TPSA) is 37.6 Å². The summed E-state index contributed by atoms with van der Waals surface area (Å²) in [5, 5.41) is 0. The molecule has 0 unspecified atom stereocenters. The van der Waals surface area contributed by atoms with Gasteiger partial charge in [-0.05, 0) is 100 Å². The second-order valence-electron chi connectivity index (χ2n) is 11.2. The molecule has 6 heteroatoms. The zero-order valence-electron chi connectivity index (χ0n) is 27.1.